The standard InChI is InChI=1S/C20H21FN4O/c21-18-6-2-17(3-7-18)15-24-10-1-11-25(13-12-24)20(26)23-19-8-4-16(14-22)5-9-19/h2-9H,1,10-13,15H2,(H,23,26). The van der Waals surface area contributed by atoms with Crippen molar-refractivity contribution in [1.82, 2.24) is 9.80 Å². The topological polar surface area (TPSA) is 59.4 Å². The highest BCUT2D eigenvalue weighted by Gasteiger charge is 2.19. The monoisotopic (exact) mass is 352 g/mol. The fourth-order valence-corrected chi connectivity index (χ4v) is 3.01. The first kappa shape index (κ1) is 17.9. The van der Waals surface area contributed by atoms with E-state index < -0.39 is 0 Å². The SMILES string of the molecule is N#Cc1ccc(NC(=O)N2CCCN(Cc3ccc(F)cc3)CC2)cc1. The summed E-state index contributed by atoms with van der Waals surface area (Å²) in [5, 5.41) is 11.7. The summed E-state index contributed by atoms with van der Waals surface area (Å²) < 4.78 is 13.0. The number of nitriles is 1. The molecule has 0 aromatic heterocycles. The second-order valence-electron chi connectivity index (χ2n) is 6.36. The molecule has 0 radical (unpaired) electrons. The molecule has 1 aliphatic rings. The summed E-state index contributed by atoms with van der Waals surface area (Å²) >= 11 is 0. The summed E-state index contributed by atoms with van der Waals surface area (Å²) in [6.45, 7) is 3.77. The Labute approximate surface area is 152 Å². The Balaban J connectivity index is 1.53. The molecule has 0 saturated carbocycles. The molecule has 134 valence electrons. The Morgan fingerprint density at radius 2 is 1.77 bits per heavy atom. The van der Waals surface area contributed by atoms with Crippen molar-refractivity contribution in [2.45, 2.75) is 13.0 Å². The summed E-state index contributed by atoms with van der Waals surface area (Å²) in [6, 6.07) is 15.3. The van der Waals surface area contributed by atoms with Gasteiger partial charge in [0, 0.05) is 38.4 Å². The number of benzene rings is 2. The van der Waals surface area contributed by atoms with E-state index in [4.69, 9.17) is 5.26 Å². The molecule has 1 N–H and O–H groups in total. The van der Waals surface area contributed by atoms with E-state index >= 15 is 0 Å². The molecule has 0 bridgehead atoms. The Hall–Kier alpha value is -2.91. The highest BCUT2D eigenvalue weighted by atomic mass is 19.1. The van der Waals surface area contributed by atoms with Gasteiger partial charge < -0.3 is 10.2 Å². The first-order valence-corrected chi connectivity index (χ1v) is 8.67. The van der Waals surface area contributed by atoms with Crippen molar-refractivity contribution in [3.8, 4) is 6.07 Å². The van der Waals surface area contributed by atoms with Crippen LogP contribution in [0, 0.1) is 17.1 Å². The Morgan fingerprint density at radius 3 is 2.46 bits per heavy atom. The van der Waals surface area contributed by atoms with Crippen LogP contribution in [0.1, 0.15) is 17.5 Å². The lowest BCUT2D eigenvalue weighted by molar-refractivity contribution is 0.211. The van der Waals surface area contributed by atoms with Crippen LogP contribution in [-0.2, 0) is 6.54 Å². The van der Waals surface area contributed by atoms with Crippen LogP contribution in [0.25, 0.3) is 0 Å². The van der Waals surface area contributed by atoms with Crippen LogP contribution >= 0.6 is 0 Å². The maximum Gasteiger partial charge on any atom is 0.321 e. The number of carbonyl (C=O) groups excluding carboxylic acids is 1. The van der Waals surface area contributed by atoms with Crippen molar-refractivity contribution < 1.29 is 9.18 Å². The first-order chi connectivity index (χ1) is 12.6. The number of amides is 2. The van der Waals surface area contributed by atoms with Crippen molar-refractivity contribution in [3.63, 3.8) is 0 Å². The lowest BCUT2D eigenvalue weighted by atomic mass is 10.2. The van der Waals surface area contributed by atoms with E-state index in [-0.39, 0.29) is 11.8 Å². The highest BCUT2D eigenvalue weighted by molar-refractivity contribution is 5.89. The number of carbonyl (C=O) groups is 1. The van der Waals surface area contributed by atoms with Gasteiger partial charge in [-0.15, -0.1) is 0 Å². The van der Waals surface area contributed by atoms with Gasteiger partial charge in [-0.25, -0.2) is 9.18 Å². The Kier molecular flexibility index (Phi) is 5.82. The minimum atomic E-state index is -0.227. The van der Waals surface area contributed by atoms with Crippen LogP contribution in [0.15, 0.2) is 48.5 Å². The Bertz CT molecular complexity index is 783. The zero-order chi connectivity index (χ0) is 18.4. The van der Waals surface area contributed by atoms with Crippen LogP contribution in [0.4, 0.5) is 14.9 Å². The molecule has 3 rings (SSSR count). The molecule has 0 spiro atoms. The molecule has 5 nitrogen and oxygen atoms in total. The van der Waals surface area contributed by atoms with Crippen molar-refractivity contribution in [2.24, 2.45) is 0 Å². The second kappa shape index (κ2) is 8.45. The third kappa shape index (κ3) is 4.80. The number of nitrogens with zero attached hydrogens (tertiary/aromatic N) is 3. The van der Waals surface area contributed by atoms with Gasteiger partial charge in [0.25, 0.3) is 0 Å². The van der Waals surface area contributed by atoms with Crippen molar-refractivity contribution in [2.75, 3.05) is 31.5 Å². The number of rotatable bonds is 3. The van der Waals surface area contributed by atoms with E-state index in [1.54, 1.807) is 36.4 Å². The van der Waals surface area contributed by atoms with Gasteiger partial charge >= 0.3 is 6.03 Å². The molecule has 2 aromatic rings. The molecule has 1 fully saturated rings. The van der Waals surface area contributed by atoms with Gasteiger partial charge in [-0.05, 0) is 48.4 Å². The lowest BCUT2D eigenvalue weighted by Crippen LogP contribution is -2.38. The number of halogens is 1. The van der Waals surface area contributed by atoms with Gasteiger partial charge in [-0.3, -0.25) is 4.90 Å². The molecule has 0 atom stereocenters. The maximum absolute atomic E-state index is 13.0. The van der Waals surface area contributed by atoms with Crippen molar-refractivity contribution in [3.05, 3.63) is 65.5 Å². The molecule has 26 heavy (non-hydrogen) atoms. The van der Waals surface area contributed by atoms with Gasteiger partial charge in [0.2, 0.25) is 0 Å². The van der Waals surface area contributed by atoms with E-state index in [1.807, 2.05) is 4.90 Å². The van der Waals surface area contributed by atoms with Crippen LogP contribution in [0.3, 0.4) is 0 Å². The number of nitrogens with one attached hydrogen (secondary N) is 1. The van der Waals surface area contributed by atoms with Gasteiger partial charge in [-0.1, -0.05) is 12.1 Å². The normalized spacial score (nSPS) is 15.2. The molecule has 0 aliphatic carbocycles. The third-order valence-corrected chi connectivity index (χ3v) is 4.46. The zero-order valence-electron chi connectivity index (χ0n) is 14.5. The largest absolute Gasteiger partial charge is 0.323 e. The van der Waals surface area contributed by atoms with E-state index in [1.165, 1.54) is 12.1 Å². The predicted molar refractivity (Wildman–Crippen MR) is 98.0 cm³/mol. The van der Waals surface area contributed by atoms with E-state index in [0.717, 1.165) is 31.6 Å². The van der Waals surface area contributed by atoms with Crippen molar-refractivity contribution >= 4 is 11.7 Å². The van der Waals surface area contributed by atoms with Crippen molar-refractivity contribution in [1.29, 1.82) is 5.26 Å². The smallest absolute Gasteiger partial charge is 0.321 e. The third-order valence-electron chi connectivity index (χ3n) is 4.46. The first-order valence-electron chi connectivity index (χ1n) is 8.67. The minimum absolute atomic E-state index is 0.127. The Morgan fingerprint density at radius 1 is 1.04 bits per heavy atom. The van der Waals surface area contributed by atoms with E-state index in [2.05, 4.69) is 16.3 Å². The molecule has 1 heterocycles. The maximum atomic E-state index is 13.0. The highest BCUT2D eigenvalue weighted by Crippen LogP contribution is 2.13. The van der Waals surface area contributed by atoms with Crippen LogP contribution < -0.4 is 5.32 Å². The predicted octanol–water partition coefficient (Wildman–Crippen LogP) is 3.44. The summed E-state index contributed by atoms with van der Waals surface area (Å²) in [6.07, 6.45) is 0.891. The summed E-state index contributed by atoms with van der Waals surface area (Å²) in [5.41, 5.74) is 2.32. The number of anilines is 1. The van der Waals surface area contributed by atoms with Gasteiger partial charge in [0.05, 0.1) is 11.6 Å². The minimum Gasteiger partial charge on any atom is -0.323 e. The molecule has 0 unspecified atom stereocenters. The average Bonchev–Trinajstić information content (AvgIpc) is 2.90. The number of hydrogen-bond acceptors (Lipinski definition) is 3. The molecular weight excluding hydrogens is 331 g/mol. The van der Waals surface area contributed by atoms with Gasteiger partial charge in [-0.2, -0.15) is 5.26 Å². The van der Waals surface area contributed by atoms with E-state index in [0.29, 0.717) is 24.3 Å². The molecule has 2 amide bonds. The zero-order valence-corrected chi connectivity index (χ0v) is 14.5. The number of hydrogen-bond donors (Lipinski definition) is 1. The molecule has 1 saturated heterocycles. The van der Waals surface area contributed by atoms with Crippen LogP contribution in [-0.4, -0.2) is 42.0 Å². The number of urea groups is 1. The quantitative estimate of drug-likeness (QED) is 0.921. The molecule has 2 aromatic carbocycles. The average molecular weight is 352 g/mol. The van der Waals surface area contributed by atoms with E-state index in [9.17, 15) is 9.18 Å². The van der Waals surface area contributed by atoms with Gasteiger partial charge in [0.15, 0.2) is 0 Å². The molecular formula is C20H21FN4O. The summed E-state index contributed by atoms with van der Waals surface area (Å²) in [4.78, 5) is 16.6. The summed E-state index contributed by atoms with van der Waals surface area (Å²) in [5.74, 6) is -0.227. The van der Waals surface area contributed by atoms with Crippen LogP contribution in [0.5, 0.6) is 0 Å². The van der Waals surface area contributed by atoms with Gasteiger partial charge in [0.1, 0.15) is 5.82 Å². The van der Waals surface area contributed by atoms with Crippen LogP contribution in [0.2, 0.25) is 0 Å². The fourth-order valence-electron chi connectivity index (χ4n) is 3.01. The molecule has 6 heteroatoms. The summed E-state index contributed by atoms with van der Waals surface area (Å²) in [7, 11) is 0. The second-order valence-corrected chi connectivity index (χ2v) is 6.36. The molecule has 1 aliphatic heterocycles. The fraction of sp³-hybridized carbons (Fsp3) is 0.300. The lowest BCUT2D eigenvalue weighted by Gasteiger charge is -2.22.